The summed E-state index contributed by atoms with van der Waals surface area (Å²) in [6, 6.07) is 4.31. The van der Waals surface area contributed by atoms with Crippen LogP contribution >= 0.6 is 0 Å². The van der Waals surface area contributed by atoms with Gasteiger partial charge in [-0.1, -0.05) is 13.0 Å². The first kappa shape index (κ1) is 6.84. The number of pyridine rings is 1. The van der Waals surface area contributed by atoms with Gasteiger partial charge in [0, 0.05) is 17.8 Å². The van der Waals surface area contributed by atoms with Crippen LogP contribution in [-0.2, 0) is 6.42 Å². The molecule has 0 unspecified atom stereocenters. The lowest BCUT2D eigenvalue weighted by atomic mass is 10.2. The molecule has 11 heavy (non-hydrogen) atoms. The van der Waals surface area contributed by atoms with Gasteiger partial charge in [-0.15, -0.1) is 0 Å². The maximum absolute atomic E-state index is 4.37. The van der Waals surface area contributed by atoms with Crippen LogP contribution in [0, 0.1) is 5.92 Å². The fourth-order valence-electron chi connectivity index (χ4n) is 1.16. The minimum Gasteiger partial charge on any atom is -0.260 e. The Labute approximate surface area is 67.5 Å². The van der Waals surface area contributed by atoms with Crippen molar-refractivity contribution in [2.75, 3.05) is 0 Å². The molecule has 1 fully saturated rings. The third-order valence-corrected chi connectivity index (χ3v) is 2.10. The third kappa shape index (κ3) is 1.42. The first-order valence-corrected chi connectivity index (χ1v) is 4.20. The Bertz CT molecular complexity index is 234. The minimum absolute atomic E-state index is 1.09. The van der Waals surface area contributed by atoms with E-state index in [9.17, 15) is 0 Å². The van der Waals surface area contributed by atoms with E-state index in [0.29, 0.717) is 0 Å². The zero-order chi connectivity index (χ0) is 7.68. The van der Waals surface area contributed by atoms with Crippen LogP contribution in [0.5, 0.6) is 0 Å². The summed E-state index contributed by atoms with van der Waals surface area (Å²) in [6.07, 6.45) is 5.60. The molecule has 0 N–H and O–H groups in total. The van der Waals surface area contributed by atoms with Crippen LogP contribution in [0.1, 0.15) is 31.0 Å². The van der Waals surface area contributed by atoms with Crippen molar-refractivity contribution in [1.29, 1.82) is 0 Å². The summed E-state index contributed by atoms with van der Waals surface area (Å²) in [5.41, 5.74) is 2.54. The summed E-state index contributed by atoms with van der Waals surface area (Å²) in [7, 11) is 0. The van der Waals surface area contributed by atoms with E-state index in [2.05, 4.69) is 24.0 Å². The Morgan fingerprint density at radius 3 is 2.64 bits per heavy atom. The molecule has 0 aromatic carbocycles. The Morgan fingerprint density at radius 2 is 2.18 bits per heavy atom. The number of nitrogens with zero attached hydrogens (tertiary/aromatic N) is 1. The van der Waals surface area contributed by atoms with Crippen LogP contribution in [0.2, 0.25) is 0 Å². The van der Waals surface area contributed by atoms with Gasteiger partial charge in [-0.25, -0.2) is 0 Å². The molecule has 1 aromatic rings. The SMILES string of the molecule is CCc1ccc([C]2CC2)nc1. The summed E-state index contributed by atoms with van der Waals surface area (Å²) in [5.74, 6) is 1.52. The van der Waals surface area contributed by atoms with Crippen molar-refractivity contribution in [3.63, 3.8) is 0 Å². The number of aryl methyl sites for hydroxylation is 1. The van der Waals surface area contributed by atoms with Gasteiger partial charge < -0.3 is 0 Å². The first-order valence-electron chi connectivity index (χ1n) is 4.20. The number of hydrogen-bond donors (Lipinski definition) is 0. The Morgan fingerprint density at radius 1 is 1.36 bits per heavy atom. The average molecular weight is 146 g/mol. The first-order chi connectivity index (χ1) is 5.40. The summed E-state index contributed by atoms with van der Waals surface area (Å²) in [6.45, 7) is 2.15. The zero-order valence-corrected chi connectivity index (χ0v) is 6.80. The topological polar surface area (TPSA) is 12.9 Å². The van der Waals surface area contributed by atoms with Crippen LogP contribution in [0.4, 0.5) is 0 Å². The van der Waals surface area contributed by atoms with Gasteiger partial charge in [-0.05, 0) is 30.9 Å². The molecule has 1 aliphatic rings. The number of hydrogen-bond acceptors (Lipinski definition) is 1. The molecule has 0 aliphatic heterocycles. The zero-order valence-electron chi connectivity index (χ0n) is 6.80. The Balaban J connectivity index is 2.19. The quantitative estimate of drug-likeness (QED) is 0.624. The smallest absolute Gasteiger partial charge is 0.0475 e. The lowest BCUT2D eigenvalue weighted by Crippen LogP contribution is -1.88. The molecule has 1 aromatic heterocycles. The molecule has 1 nitrogen and oxygen atoms in total. The molecule has 1 radical (unpaired) electrons. The molecule has 1 saturated carbocycles. The van der Waals surface area contributed by atoms with Crippen LogP contribution < -0.4 is 0 Å². The summed E-state index contributed by atoms with van der Waals surface area (Å²) < 4.78 is 0. The standard InChI is InChI=1S/C10H12N/c1-2-8-3-6-10(11-7-8)9-4-5-9/h3,6-7H,2,4-5H2,1H3. The van der Waals surface area contributed by atoms with E-state index < -0.39 is 0 Å². The maximum Gasteiger partial charge on any atom is 0.0475 e. The molecule has 0 saturated heterocycles. The third-order valence-electron chi connectivity index (χ3n) is 2.10. The van der Waals surface area contributed by atoms with Gasteiger partial charge in [-0.2, -0.15) is 0 Å². The van der Waals surface area contributed by atoms with Gasteiger partial charge in [0.15, 0.2) is 0 Å². The molecular weight excluding hydrogens is 134 g/mol. The van der Waals surface area contributed by atoms with Gasteiger partial charge in [-0.3, -0.25) is 4.98 Å². The normalized spacial score (nSPS) is 16.8. The van der Waals surface area contributed by atoms with Crippen molar-refractivity contribution < 1.29 is 0 Å². The fraction of sp³-hybridized carbons (Fsp3) is 0.400. The second-order valence-corrected chi connectivity index (χ2v) is 3.01. The second kappa shape index (κ2) is 2.65. The molecule has 2 rings (SSSR count). The van der Waals surface area contributed by atoms with Crippen molar-refractivity contribution in [2.24, 2.45) is 0 Å². The Hall–Kier alpha value is -0.850. The monoisotopic (exact) mass is 146 g/mol. The fourth-order valence-corrected chi connectivity index (χ4v) is 1.16. The van der Waals surface area contributed by atoms with Crippen molar-refractivity contribution in [1.82, 2.24) is 4.98 Å². The van der Waals surface area contributed by atoms with Crippen molar-refractivity contribution in [2.45, 2.75) is 26.2 Å². The van der Waals surface area contributed by atoms with Crippen molar-refractivity contribution in [3.8, 4) is 0 Å². The molecule has 0 bridgehead atoms. The van der Waals surface area contributed by atoms with Gasteiger partial charge in [0.2, 0.25) is 0 Å². The average Bonchev–Trinajstić information content (AvgIpc) is 2.87. The molecule has 57 valence electrons. The second-order valence-electron chi connectivity index (χ2n) is 3.01. The van der Waals surface area contributed by atoms with E-state index in [1.807, 2.05) is 6.20 Å². The molecule has 0 spiro atoms. The highest BCUT2D eigenvalue weighted by atomic mass is 14.7. The van der Waals surface area contributed by atoms with Crippen LogP contribution in [0.25, 0.3) is 0 Å². The van der Waals surface area contributed by atoms with E-state index in [4.69, 9.17) is 0 Å². The van der Waals surface area contributed by atoms with E-state index >= 15 is 0 Å². The van der Waals surface area contributed by atoms with E-state index in [1.54, 1.807) is 0 Å². The van der Waals surface area contributed by atoms with Gasteiger partial charge in [0.1, 0.15) is 0 Å². The van der Waals surface area contributed by atoms with Crippen molar-refractivity contribution in [3.05, 3.63) is 35.5 Å². The molecule has 0 atom stereocenters. The molecule has 1 aliphatic carbocycles. The molecule has 1 heteroatoms. The summed E-state index contributed by atoms with van der Waals surface area (Å²) >= 11 is 0. The minimum atomic E-state index is 1.09. The van der Waals surface area contributed by atoms with Crippen LogP contribution in [-0.4, -0.2) is 4.98 Å². The van der Waals surface area contributed by atoms with Gasteiger partial charge >= 0.3 is 0 Å². The predicted molar refractivity (Wildman–Crippen MR) is 45.2 cm³/mol. The highest BCUT2D eigenvalue weighted by Gasteiger charge is 2.25. The number of aromatic nitrogens is 1. The predicted octanol–water partition coefficient (Wildman–Crippen LogP) is 2.36. The Kier molecular flexibility index (Phi) is 1.65. The van der Waals surface area contributed by atoms with E-state index in [0.717, 1.165) is 6.42 Å². The molecular formula is C10H12N. The lowest BCUT2D eigenvalue weighted by molar-refractivity contribution is 1.08. The highest BCUT2D eigenvalue weighted by Crippen LogP contribution is 2.37. The van der Waals surface area contributed by atoms with E-state index in [-0.39, 0.29) is 0 Å². The largest absolute Gasteiger partial charge is 0.260 e. The molecule has 0 amide bonds. The van der Waals surface area contributed by atoms with Crippen molar-refractivity contribution >= 4 is 0 Å². The number of rotatable bonds is 2. The maximum atomic E-state index is 4.37. The van der Waals surface area contributed by atoms with E-state index in [1.165, 1.54) is 30.0 Å². The highest BCUT2D eigenvalue weighted by molar-refractivity contribution is 5.32. The van der Waals surface area contributed by atoms with Gasteiger partial charge in [0.25, 0.3) is 0 Å². The van der Waals surface area contributed by atoms with Crippen LogP contribution in [0.15, 0.2) is 18.3 Å². The summed E-state index contributed by atoms with van der Waals surface area (Å²) in [4.78, 5) is 4.37. The lowest BCUT2D eigenvalue weighted by Gasteiger charge is -1.97. The van der Waals surface area contributed by atoms with Gasteiger partial charge in [0.05, 0.1) is 0 Å². The molecule has 1 heterocycles. The van der Waals surface area contributed by atoms with Crippen LogP contribution in [0.3, 0.4) is 0 Å². The summed E-state index contributed by atoms with van der Waals surface area (Å²) in [5, 5.41) is 0.